The van der Waals surface area contributed by atoms with Crippen LogP contribution in [0, 0.1) is 6.92 Å². The van der Waals surface area contributed by atoms with Crippen molar-refractivity contribution in [2.24, 2.45) is 4.99 Å². The third-order valence-electron chi connectivity index (χ3n) is 4.42. The lowest BCUT2D eigenvalue weighted by Crippen LogP contribution is -2.17. The van der Waals surface area contributed by atoms with E-state index in [1.165, 1.54) is 21.3 Å². The zero-order chi connectivity index (χ0) is 19.4. The standard InChI is InChI=1S/C22H26N2OS2/c1-5-12-24-19-11-8-17(15(2)3)13-20(19)27-22(24)23-21(25)14-26-18-9-6-16(4)7-10-18/h6-11,13,15H,5,12,14H2,1-4H3. The second-order valence-electron chi connectivity index (χ2n) is 7.03. The van der Waals surface area contributed by atoms with Crippen molar-refractivity contribution < 1.29 is 4.79 Å². The summed E-state index contributed by atoms with van der Waals surface area (Å²) in [6.07, 6.45) is 1.01. The van der Waals surface area contributed by atoms with Crippen LogP contribution in [-0.2, 0) is 11.3 Å². The van der Waals surface area contributed by atoms with E-state index in [1.807, 2.05) is 0 Å². The molecular formula is C22H26N2OS2. The first kappa shape index (κ1) is 19.9. The number of benzene rings is 2. The van der Waals surface area contributed by atoms with Gasteiger partial charge in [-0.25, -0.2) is 0 Å². The van der Waals surface area contributed by atoms with Gasteiger partial charge in [-0.3, -0.25) is 4.79 Å². The Morgan fingerprint density at radius 2 is 1.93 bits per heavy atom. The van der Waals surface area contributed by atoms with Gasteiger partial charge < -0.3 is 4.57 Å². The van der Waals surface area contributed by atoms with Crippen LogP contribution in [-0.4, -0.2) is 16.2 Å². The van der Waals surface area contributed by atoms with Crippen LogP contribution < -0.4 is 4.80 Å². The second kappa shape index (κ2) is 8.89. The molecule has 0 aliphatic carbocycles. The predicted octanol–water partition coefficient (Wildman–Crippen LogP) is 5.76. The summed E-state index contributed by atoms with van der Waals surface area (Å²) in [5, 5.41) is 0. The van der Waals surface area contributed by atoms with Crippen LogP contribution in [0.25, 0.3) is 10.2 Å². The lowest BCUT2D eigenvalue weighted by atomic mass is 10.0. The summed E-state index contributed by atoms with van der Waals surface area (Å²) in [6.45, 7) is 9.49. The van der Waals surface area contributed by atoms with Gasteiger partial charge >= 0.3 is 0 Å². The van der Waals surface area contributed by atoms with Gasteiger partial charge in [0.25, 0.3) is 5.91 Å². The van der Waals surface area contributed by atoms with Crippen molar-refractivity contribution in [3.63, 3.8) is 0 Å². The average Bonchev–Trinajstić information content (AvgIpc) is 2.98. The molecule has 0 saturated heterocycles. The Bertz CT molecular complexity index is 997. The number of thioether (sulfide) groups is 1. The first-order valence-corrected chi connectivity index (χ1v) is 11.2. The van der Waals surface area contributed by atoms with Gasteiger partial charge in [0.05, 0.1) is 16.0 Å². The summed E-state index contributed by atoms with van der Waals surface area (Å²) >= 11 is 3.15. The van der Waals surface area contributed by atoms with E-state index < -0.39 is 0 Å². The van der Waals surface area contributed by atoms with Gasteiger partial charge in [0.15, 0.2) is 4.80 Å². The molecule has 0 N–H and O–H groups in total. The maximum absolute atomic E-state index is 12.5. The molecule has 0 bridgehead atoms. The topological polar surface area (TPSA) is 34.4 Å². The number of nitrogens with zero attached hydrogens (tertiary/aromatic N) is 2. The third-order valence-corrected chi connectivity index (χ3v) is 6.46. The molecule has 1 heterocycles. The molecule has 0 saturated carbocycles. The Hall–Kier alpha value is -1.85. The fraction of sp³-hybridized carbons (Fsp3) is 0.364. The highest BCUT2D eigenvalue weighted by molar-refractivity contribution is 8.00. The molecule has 0 fully saturated rings. The molecule has 1 amide bonds. The summed E-state index contributed by atoms with van der Waals surface area (Å²) in [4.78, 5) is 18.8. The van der Waals surface area contributed by atoms with Gasteiger partial charge in [-0.2, -0.15) is 4.99 Å². The number of hydrogen-bond acceptors (Lipinski definition) is 3. The van der Waals surface area contributed by atoms with Crippen LogP contribution in [0.2, 0.25) is 0 Å². The minimum Gasteiger partial charge on any atom is -0.316 e. The van der Waals surface area contributed by atoms with E-state index in [4.69, 9.17) is 0 Å². The summed E-state index contributed by atoms with van der Waals surface area (Å²) in [7, 11) is 0. The summed E-state index contributed by atoms with van der Waals surface area (Å²) in [5.41, 5.74) is 3.71. The molecule has 0 aliphatic heterocycles. The van der Waals surface area contributed by atoms with Crippen LogP contribution in [0.5, 0.6) is 0 Å². The number of aryl methyl sites for hydroxylation is 2. The van der Waals surface area contributed by atoms with Gasteiger partial charge in [0.2, 0.25) is 0 Å². The fourth-order valence-electron chi connectivity index (χ4n) is 2.89. The average molecular weight is 399 g/mol. The van der Waals surface area contributed by atoms with Crippen LogP contribution >= 0.6 is 23.1 Å². The van der Waals surface area contributed by atoms with Gasteiger partial charge in [-0.1, -0.05) is 55.9 Å². The molecule has 142 valence electrons. The lowest BCUT2D eigenvalue weighted by Gasteiger charge is -2.06. The third kappa shape index (κ3) is 4.90. The SMILES string of the molecule is CCCn1c(=NC(=O)CSc2ccc(C)cc2)sc2cc(C(C)C)ccc21. The van der Waals surface area contributed by atoms with Crippen molar-refractivity contribution in [1.29, 1.82) is 0 Å². The molecule has 2 aromatic carbocycles. The molecule has 1 aromatic heterocycles. The summed E-state index contributed by atoms with van der Waals surface area (Å²) in [5.74, 6) is 0.769. The van der Waals surface area contributed by atoms with Gasteiger partial charge in [0.1, 0.15) is 0 Å². The first-order chi connectivity index (χ1) is 13.0. The van der Waals surface area contributed by atoms with E-state index in [-0.39, 0.29) is 5.91 Å². The maximum Gasteiger partial charge on any atom is 0.258 e. The maximum atomic E-state index is 12.5. The van der Waals surface area contributed by atoms with Crippen molar-refractivity contribution in [2.45, 2.75) is 51.5 Å². The highest BCUT2D eigenvalue weighted by Gasteiger charge is 2.10. The van der Waals surface area contributed by atoms with Crippen LogP contribution in [0.1, 0.15) is 44.2 Å². The number of thiazole rings is 1. The van der Waals surface area contributed by atoms with Gasteiger partial charge in [-0.15, -0.1) is 11.8 Å². The smallest absolute Gasteiger partial charge is 0.258 e. The molecule has 0 spiro atoms. The number of aromatic nitrogens is 1. The second-order valence-corrected chi connectivity index (χ2v) is 9.08. The van der Waals surface area contributed by atoms with Crippen molar-refractivity contribution >= 4 is 39.2 Å². The van der Waals surface area contributed by atoms with Crippen LogP contribution in [0.15, 0.2) is 52.4 Å². The van der Waals surface area contributed by atoms with Gasteiger partial charge in [-0.05, 0) is 49.1 Å². The monoisotopic (exact) mass is 398 g/mol. The Labute approximate surface area is 169 Å². The molecule has 0 unspecified atom stereocenters. The molecule has 3 nitrogen and oxygen atoms in total. The molecule has 0 atom stereocenters. The number of rotatable bonds is 6. The van der Waals surface area contributed by atoms with Crippen molar-refractivity contribution in [2.75, 3.05) is 5.75 Å². The first-order valence-electron chi connectivity index (χ1n) is 9.38. The molecule has 5 heteroatoms. The Morgan fingerprint density at radius 1 is 1.19 bits per heavy atom. The lowest BCUT2D eigenvalue weighted by molar-refractivity contribution is -0.115. The summed E-state index contributed by atoms with van der Waals surface area (Å²) in [6, 6.07) is 14.8. The summed E-state index contributed by atoms with van der Waals surface area (Å²) < 4.78 is 3.38. The molecule has 0 radical (unpaired) electrons. The minimum atomic E-state index is -0.0823. The zero-order valence-electron chi connectivity index (χ0n) is 16.4. The number of hydrogen-bond donors (Lipinski definition) is 0. The van der Waals surface area contributed by atoms with E-state index in [9.17, 15) is 4.79 Å². The highest BCUT2D eigenvalue weighted by atomic mass is 32.2. The zero-order valence-corrected chi connectivity index (χ0v) is 18.0. The number of carbonyl (C=O) groups excluding carboxylic acids is 1. The molecule has 3 rings (SSSR count). The predicted molar refractivity (Wildman–Crippen MR) is 117 cm³/mol. The van der Waals surface area contributed by atoms with E-state index in [0.29, 0.717) is 11.7 Å². The van der Waals surface area contributed by atoms with Crippen molar-refractivity contribution in [3.05, 3.63) is 58.4 Å². The van der Waals surface area contributed by atoms with E-state index in [2.05, 4.69) is 79.7 Å². The van der Waals surface area contributed by atoms with Crippen LogP contribution in [0.3, 0.4) is 0 Å². The Kier molecular flexibility index (Phi) is 6.55. The number of amides is 1. The largest absolute Gasteiger partial charge is 0.316 e. The Morgan fingerprint density at radius 3 is 2.59 bits per heavy atom. The van der Waals surface area contributed by atoms with Crippen LogP contribution in [0.4, 0.5) is 0 Å². The molecule has 27 heavy (non-hydrogen) atoms. The van der Waals surface area contributed by atoms with Crippen molar-refractivity contribution in [3.8, 4) is 0 Å². The normalized spacial score (nSPS) is 12.3. The molecule has 3 aromatic rings. The quantitative estimate of drug-likeness (QED) is 0.494. The minimum absolute atomic E-state index is 0.0823. The Balaban J connectivity index is 1.87. The fourth-order valence-corrected chi connectivity index (χ4v) is 4.70. The number of carbonyl (C=O) groups is 1. The number of fused-ring (bicyclic) bond motifs is 1. The molecular weight excluding hydrogens is 372 g/mol. The van der Waals surface area contributed by atoms with E-state index in [0.717, 1.165) is 22.7 Å². The highest BCUT2D eigenvalue weighted by Crippen LogP contribution is 2.24. The van der Waals surface area contributed by atoms with E-state index >= 15 is 0 Å². The van der Waals surface area contributed by atoms with Crippen molar-refractivity contribution in [1.82, 2.24) is 4.57 Å². The molecule has 0 aliphatic rings. The van der Waals surface area contributed by atoms with E-state index in [1.54, 1.807) is 23.1 Å². The van der Waals surface area contributed by atoms with Gasteiger partial charge in [0, 0.05) is 11.4 Å².